The number of aliphatic hydroxyl groups excluding tert-OH is 1. The Labute approximate surface area is 176 Å². The number of benzene rings is 1. The Morgan fingerprint density at radius 2 is 2.00 bits per heavy atom. The Bertz CT molecular complexity index is 967. The molecule has 0 saturated carbocycles. The molecule has 0 radical (unpaired) electrons. The molecule has 2 aromatic heterocycles. The first-order valence-corrected chi connectivity index (χ1v) is 10.3. The summed E-state index contributed by atoms with van der Waals surface area (Å²) in [6, 6.07) is 10.3. The van der Waals surface area contributed by atoms with Crippen molar-refractivity contribution in [3.8, 4) is 5.75 Å². The average molecular weight is 412 g/mol. The standard InChI is InChI=1S/C22H29N5O3/c1-26(11-12-28)22-20-19(7-10-23-21(20)24-17-8-13-30-14-9-17)27(25-22)15-16-3-5-18(29-2)6-4-16/h3-7,10,17,28H,8-9,11-15H2,1-2H3,(H,23,24). The monoisotopic (exact) mass is 411 g/mol. The van der Waals surface area contributed by atoms with Gasteiger partial charge in [0.05, 0.1) is 31.2 Å². The average Bonchev–Trinajstić information content (AvgIpc) is 3.15. The van der Waals surface area contributed by atoms with Crippen molar-refractivity contribution in [3.63, 3.8) is 0 Å². The van der Waals surface area contributed by atoms with Crippen LogP contribution in [0.4, 0.5) is 11.6 Å². The van der Waals surface area contributed by atoms with E-state index in [0.29, 0.717) is 19.1 Å². The van der Waals surface area contributed by atoms with Crippen LogP contribution in [-0.2, 0) is 11.3 Å². The number of hydrogen-bond acceptors (Lipinski definition) is 7. The van der Waals surface area contributed by atoms with Crippen molar-refractivity contribution in [2.75, 3.05) is 50.7 Å². The van der Waals surface area contributed by atoms with Gasteiger partial charge in [-0.15, -0.1) is 0 Å². The van der Waals surface area contributed by atoms with Gasteiger partial charge in [-0.25, -0.2) is 4.98 Å². The Balaban J connectivity index is 1.71. The van der Waals surface area contributed by atoms with Gasteiger partial charge >= 0.3 is 0 Å². The summed E-state index contributed by atoms with van der Waals surface area (Å²) in [6.07, 6.45) is 3.74. The number of likely N-dealkylation sites (N-methyl/N-ethyl adjacent to an activating group) is 1. The van der Waals surface area contributed by atoms with E-state index in [0.717, 1.165) is 59.9 Å². The summed E-state index contributed by atoms with van der Waals surface area (Å²) in [6.45, 7) is 2.73. The highest BCUT2D eigenvalue weighted by atomic mass is 16.5. The highest BCUT2D eigenvalue weighted by Crippen LogP contribution is 2.32. The van der Waals surface area contributed by atoms with Gasteiger partial charge in [0.2, 0.25) is 0 Å². The number of aliphatic hydroxyl groups is 1. The van der Waals surface area contributed by atoms with Crippen LogP contribution in [0.3, 0.4) is 0 Å². The summed E-state index contributed by atoms with van der Waals surface area (Å²) in [4.78, 5) is 6.61. The van der Waals surface area contributed by atoms with Crippen LogP contribution in [0.25, 0.3) is 10.9 Å². The zero-order chi connectivity index (χ0) is 20.9. The number of nitrogens with zero attached hydrogens (tertiary/aromatic N) is 4. The van der Waals surface area contributed by atoms with Crippen molar-refractivity contribution < 1.29 is 14.6 Å². The van der Waals surface area contributed by atoms with E-state index in [2.05, 4.69) is 10.3 Å². The van der Waals surface area contributed by atoms with Gasteiger partial charge in [0, 0.05) is 39.0 Å². The number of pyridine rings is 1. The topological polar surface area (TPSA) is 84.7 Å². The molecule has 1 aliphatic rings. The zero-order valence-electron chi connectivity index (χ0n) is 17.5. The van der Waals surface area contributed by atoms with Gasteiger partial charge in [-0.1, -0.05) is 12.1 Å². The fourth-order valence-corrected chi connectivity index (χ4v) is 3.80. The number of aromatic nitrogens is 3. The number of rotatable bonds is 8. The van der Waals surface area contributed by atoms with E-state index in [1.165, 1.54) is 0 Å². The molecule has 1 aromatic carbocycles. The smallest absolute Gasteiger partial charge is 0.162 e. The first kappa shape index (κ1) is 20.4. The van der Waals surface area contributed by atoms with Crippen molar-refractivity contribution in [2.24, 2.45) is 0 Å². The molecule has 0 amide bonds. The van der Waals surface area contributed by atoms with E-state index < -0.39 is 0 Å². The summed E-state index contributed by atoms with van der Waals surface area (Å²) >= 11 is 0. The molecule has 0 atom stereocenters. The number of fused-ring (bicyclic) bond motifs is 1. The summed E-state index contributed by atoms with van der Waals surface area (Å²) in [5.41, 5.74) is 2.14. The summed E-state index contributed by atoms with van der Waals surface area (Å²) in [5.74, 6) is 2.48. The maximum absolute atomic E-state index is 9.46. The van der Waals surface area contributed by atoms with Crippen LogP contribution in [0.2, 0.25) is 0 Å². The molecule has 3 aromatic rings. The van der Waals surface area contributed by atoms with E-state index in [9.17, 15) is 5.11 Å². The lowest BCUT2D eigenvalue weighted by Gasteiger charge is -2.24. The quantitative estimate of drug-likeness (QED) is 0.589. The van der Waals surface area contributed by atoms with Crippen LogP contribution in [-0.4, -0.2) is 66.4 Å². The third kappa shape index (κ3) is 4.34. The third-order valence-electron chi connectivity index (χ3n) is 5.50. The maximum atomic E-state index is 9.46. The Morgan fingerprint density at radius 1 is 1.23 bits per heavy atom. The summed E-state index contributed by atoms with van der Waals surface area (Å²) in [7, 11) is 3.61. The van der Waals surface area contributed by atoms with Crippen LogP contribution in [0.15, 0.2) is 36.5 Å². The number of anilines is 2. The zero-order valence-corrected chi connectivity index (χ0v) is 17.5. The van der Waals surface area contributed by atoms with Crippen molar-refractivity contribution in [1.82, 2.24) is 14.8 Å². The van der Waals surface area contributed by atoms with E-state index in [1.807, 2.05) is 53.2 Å². The minimum absolute atomic E-state index is 0.0618. The molecular weight excluding hydrogens is 382 g/mol. The Kier molecular flexibility index (Phi) is 6.35. The second-order valence-corrected chi connectivity index (χ2v) is 7.56. The van der Waals surface area contributed by atoms with Crippen molar-refractivity contribution in [2.45, 2.75) is 25.4 Å². The molecule has 1 aliphatic heterocycles. The van der Waals surface area contributed by atoms with Crippen LogP contribution in [0.1, 0.15) is 18.4 Å². The van der Waals surface area contributed by atoms with Gasteiger partial charge in [0.1, 0.15) is 11.6 Å². The molecule has 30 heavy (non-hydrogen) atoms. The molecular formula is C22H29N5O3. The first-order chi connectivity index (χ1) is 14.7. The van der Waals surface area contributed by atoms with Gasteiger partial charge in [0.25, 0.3) is 0 Å². The summed E-state index contributed by atoms with van der Waals surface area (Å²) < 4.78 is 12.7. The van der Waals surface area contributed by atoms with Gasteiger partial charge < -0.3 is 24.8 Å². The largest absolute Gasteiger partial charge is 0.497 e. The first-order valence-electron chi connectivity index (χ1n) is 10.3. The molecule has 8 heteroatoms. The van der Waals surface area contributed by atoms with Crippen molar-refractivity contribution in [3.05, 3.63) is 42.1 Å². The molecule has 8 nitrogen and oxygen atoms in total. The third-order valence-corrected chi connectivity index (χ3v) is 5.50. The second kappa shape index (κ2) is 9.32. The number of methoxy groups -OCH3 is 1. The van der Waals surface area contributed by atoms with Crippen molar-refractivity contribution in [1.29, 1.82) is 0 Å². The minimum atomic E-state index is 0.0618. The van der Waals surface area contributed by atoms with Gasteiger partial charge in [-0.05, 0) is 36.6 Å². The molecule has 0 aliphatic carbocycles. The fourth-order valence-electron chi connectivity index (χ4n) is 3.80. The predicted octanol–water partition coefficient (Wildman–Crippen LogP) is 2.51. The Morgan fingerprint density at radius 3 is 2.70 bits per heavy atom. The summed E-state index contributed by atoms with van der Waals surface area (Å²) in [5, 5.41) is 18.9. The normalized spacial score (nSPS) is 14.8. The molecule has 4 rings (SSSR count). The molecule has 2 N–H and O–H groups in total. The molecule has 160 valence electrons. The van der Waals surface area contributed by atoms with Crippen LogP contribution >= 0.6 is 0 Å². The highest BCUT2D eigenvalue weighted by Gasteiger charge is 2.21. The maximum Gasteiger partial charge on any atom is 0.162 e. The second-order valence-electron chi connectivity index (χ2n) is 7.56. The van der Waals surface area contributed by atoms with Crippen LogP contribution < -0.4 is 15.0 Å². The van der Waals surface area contributed by atoms with Gasteiger partial charge in [-0.2, -0.15) is 5.10 Å². The lowest BCUT2D eigenvalue weighted by atomic mass is 10.1. The SMILES string of the molecule is COc1ccc(Cn2nc(N(C)CCO)c3c(NC4CCOCC4)nccc32)cc1. The Hall–Kier alpha value is -2.84. The van der Waals surface area contributed by atoms with Gasteiger partial charge in [0.15, 0.2) is 5.82 Å². The lowest BCUT2D eigenvalue weighted by molar-refractivity contribution is 0.0904. The fraction of sp³-hybridized carbons (Fsp3) is 0.455. The molecule has 1 saturated heterocycles. The highest BCUT2D eigenvalue weighted by molar-refractivity contribution is 5.99. The van der Waals surface area contributed by atoms with Crippen LogP contribution in [0.5, 0.6) is 5.75 Å². The molecule has 0 spiro atoms. The number of nitrogens with one attached hydrogen (secondary N) is 1. The molecule has 0 bridgehead atoms. The minimum Gasteiger partial charge on any atom is -0.497 e. The van der Waals surface area contributed by atoms with Crippen LogP contribution in [0, 0.1) is 0 Å². The van der Waals surface area contributed by atoms with E-state index >= 15 is 0 Å². The van der Waals surface area contributed by atoms with E-state index in [4.69, 9.17) is 14.6 Å². The molecule has 1 fully saturated rings. The molecule has 3 heterocycles. The number of ether oxygens (including phenoxy) is 2. The van der Waals surface area contributed by atoms with Crippen molar-refractivity contribution >= 4 is 22.5 Å². The van der Waals surface area contributed by atoms with Gasteiger partial charge in [-0.3, -0.25) is 4.68 Å². The molecule has 0 unspecified atom stereocenters. The van der Waals surface area contributed by atoms with E-state index in [-0.39, 0.29) is 6.61 Å². The lowest BCUT2D eigenvalue weighted by Crippen LogP contribution is -2.28. The number of hydrogen-bond donors (Lipinski definition) is 2. The predicted molar refractivity (Wildman–Crippen MR) is 117 cm³/mol. The van der Waals surface area contributed by atoms with E-state index in [1.54, 1.807) is 7.11 Å².